The van der Waals surface area contributed by atoms with E-state index in [1.807, 2.05) is 0 Å². The Labute approximate surface area is 104 Å². The van der Waals surface area contributed by atoms with Crippen molar-refractivity contribution in [3.8, 4) is 11.5 Å². The predicted octanol–water partition coefficient (Wildman–Crippen LogP) is 3.18. The van der Waals surface area contributed by atoms with Crippen LogP contribution in [0.25, 0.3) is 0 Å². The van der Waals surface area contributed by atoms with E-state index in [4.69, 9.17) is 9.41 Å². The minimum Gasteiger partial charge on any atom is -0.402 e. The zero-order valence-corrected chi connectivity index (χ0v) is 10.2. The van der Waals surface area contributed by atoms with Crippen LogP contribution in [0.1, 0.15) is 0 Å². The smallest absolute Gasteiger partial charge is 0.402 e. The van der Waals surface area contributed by atoms with E-state index in [0.29, 0.717) is 5.75 Å². The molecule has 0 radical (unpaired) electrons. The predicted molar refractivity (Wildman–Crippen MR) is 65.1 cm³/mol. The van der Waals surface area contributed by atoms with Gasteiger partial charge in [-0.3, -0.25) is 4.89 Å². The molecule has 0 amide bonds. The summed E-state index contributed by atoms with van der Waals surface area (Å²) in [7, 11) is -4.30. The first-order valence-corrected chi connectivity index (χ1v) is 6.64. The summed E-state index contributed by atoms with van der Waals surface area (Å²) in [4.78, 5) is 14.1. The summed E-state index contributed by atoms with van der Waals surface area (Å²) in [5, 5.41) is 0. The van der Waals surface area contributed by atoms with Gasteiger partial charge in [-0.15, -0.1) is 0 Å². The molecule has 1 unspecified atom stereocenters. The molecule has 6 heteroatoms. The topological polar surface area (TPSA) is 65.0 Å². The van der Waals surface area contributed by atoms with Crippen LogP contribution in [-0.4, -0.2) is 4.89 Å². The summed E-state index contributed by atoms with van der Waals surface area (Å²) < 4.78 is 20.7. The fourth-order valence-corrected chi connectivity index (χ4v) is 1.79. The summed E-state index contributed by atoms with van der Waals surface area (Å²) in [6, 6.07) is 16.6. The molecule has 2 aromatic carbocycles. The van der Waals surface area contributed by atoms with Gasteiger partial charge in [-0.05, 0) is 24.3 Å². The van der Waals surface area contributed by atoms with Crippen molar-refractivity contribution in [2.45, 2.75) is 0 Å². The highest BCUT2D eigenvalue weighted by Crippen LogP contribution is 2.43. The Morgan fingerprint density at radius 2 is 1.33 bits per heavy atom. The van der Waals surface area contributed by atoms with Crippen molar-refractivity contribution in [3.63, 3.8) is 0 Å². The van der Waals surface area contributed by atoms with Gasteiger partial charge in [-0.2, -0.15) is 0 Å². The molecule has 0 aromatic heterocycles. The second kappa shape index (κ2) is 5.69. The van der Waals surface area contributed by atoms with E-state index in [-0.39, 0.29) is 5.75 Å². The first-order chi connectivity index (χ1) is 8.66. The van der Waals surface area contributed by atoms with Gasteiger partial charge in [0.25, 0.3) is 0 Å². The molecular weight excluding hydrogens is 255 g/mol. The molecular formula is C12H11O5P. The zero-order chi connectivity index (χ0) is 12.8. The van der Waals surface area contributed by atoms with E-state index >= 15 is 0 Å². The number of rotatable bonds is 5. The van der Waals surface area contributed by atoms with Crippen molar-refractivity contribution in [3.05, 3.63) is 60.7 Å². The van der Waals surface area contributed by atoms with Gasteiger partial charge in [0.05, 0.1) is 0 Å². The lowest BCUT2D eigenvalue weighted by atomic mass is 10.3. The first-order valence-electron chi connectivity index (χ1n) is 5.14. The molecule has 2 rings (SSSR count). The minimum absolute atomic E-state index is 0.222. The maximum absolute atomic E-state index is 11.5. The van der Waals surface area contributed by atoms with Crippen LogP contribution in [0, 0.1) is 0 Å². The lowest BCUT2D eigenvalue weighted by molar-refractivity contribution is -0.120. The van der Waals surface area contributed by atoms with E-state index in [9.17, 15) is 9.46 Å². The Balaban J connectivity index is 1.94. The lowest BCUT2D eigenvalue weighted by Gasteiger charge is -2.11. The molecule has 0 heterocycles. The molecule has 0 saturated heterocycles. The zero-order valence-electron chi connectivity index (χ0n) is 9.30. The highest BCUT2D eigenvalue weighted by Gasteiger charge is 2.25. The number of hydrogen-bond acceptors (Lipinski definition) is 4. The van der Waals surface area contributed by atoms with Crippen LogP contribution in [0.5, 0.6) is 11.5 Å². The molecule has 0 aliphatic heterocycles. The summed E-state index contributed by atoms with van der Waals surface area (Å²) in [6.07, 6.45) is 0. The molecule has 1 atom stereocenters. The molecule has 94 valence electrons. The number of phosphoric acid groups is 1. The van der Waals surface area contributed by atoms with Gasteiger partial charge in [-0.25, -0.2) is 4.57 Å². The lowest BCUT2D eigenvalue weighted by Crippen LogP contribution is -2.00. The third-order valence-corrected chi connectivity index (χ3v) is 2.64. The largest absolute Gasteiger partial charge is 0.564 e. The van der Waals surface area contributed by atoms with Crippen LogP contribution < -0.4 is 9.41 Å². The number of para-hydroxylation sites is 2. The van der Waals surface area contributed by atoms with Crippen molar-refractivity contribution in [2.75, 3.05) is 0 Å². The Morgan fingerprint density at radius 1 is 0.833 bits per heavy atom. The van der Waals surface area contributed by atoms with Crippen molar-refractivity contribution in [1.82, 2.24) is 0 Å². The highest BCUT2D eigenvalue weighted by molar-refractivity contribution is 7.47. The molecule has 18 heavy (non-hydrogen) atoms. The minimum atomic E-state index is -4.30. The molecule has 5 nitrogen and oxygen atoms in total. The Bertz CT molecular complexity index is 529. The summed E-state index contributed by atoms with van der Waals surface area (Å²) >= 11 is 0. The van der Waals surface area contributed by atoms with Gasteiger partial charge < -0.3 is 9.41 Å². The maximum Gasteiger partial charge on any atom is 0.564 e. The fourth-order valence-electron chi connectivity index (χ4n) is 1.20. The van der Waals surface area contributed by atoms with Crippen molar-refractivity contribution < 1.29 is 23.5 Å². The molecule has 0 saturated carbocycles. The second-order valence-corrected chi connectivity index (χ2v) is 4.61. The first kappa shape index (κ1) is 12.6. The van der Waals surface area contributed by atoms with E-state index in [0.717, 1.165) is 0 Å². The van der Waals surface area contributed by atoms with Crippen molar-refractivity contribution in [2.24, 2.45) is 0 Å². The number of phosphoric ester groups is 1. The summed E-state index contributed by atoms with van der Waals surface area (Å²) in [5.41, 5.74) is 0. The maximum atomic E-state index is 11.5. The van der Waals surface area contributed by atoms with Gasteiger partial charge in [0, 0.05) is 0 Å². The van der Waals surface area contributed by atoms with E-state index in [1.54, 1.807) is 48.5 Å². The van der Waals surface area contributed by atoms with Gasteiger partial charge >= 0.3 is 7.82 Å². The van der Waals surface area contributed by atoms with Crippen molar-refractivity contribution >= 4 is 7.82 Å². The molecule has 0 aliphatic rings. The van der Waals surface area contributed by atoms with Gasteiger partial charge in [-0.1, -0.05) is 41.1 Å². The molecule has 2 aromatic rings. The van der Waals surface area contributed by atoms with Crippen LogP contribution in [0.15, 0.2) is 60.7 Å². The monoisotopic (exact) mass is 266 g/mol. The molecule has 0 spiro atoms. The summed E-state index contributed by atoms with van der Waals surface area (Å²) in [5.74, 6) is 0.531. The van der Waals surface area contributed by atoms with E-state index in [1.165, 1.54) is 12.1 Å². The Morgan fingerprint density at radius 3 is 1.89 bits per heavy atom. The van der Waals surface area contributed by atoms with Crippen LogP contribution in [0.2, 0.25) is 0 Å². The molecule has 0 bridgehead atoms. The van der Waals surface area contributed by atoms with Crippen LogP contribution >= 0.6 is 7.82 Å². The number of hydrogen-bond donors (Lipinski definition) is 1. The highest BCUT2D eigenvalue weighted by atomic mass is 31.2. The van der Waals surface area contributed by atoms with E-state index in [2.05, 4.69) is 4.67 Å². The Hall–Kier alpha value is -1.81. The second-order valence-electron chi connectivity index (χ2n) is 3.34. The SMILES string of the molecule is O=P(O)(OOc1ccccc1)Oc1ccccc1. The summed E-state index contributed by atoms with van der Waals surface area (Å²) in [6.45, 7) is 0. The van der Waals surface area contributed by atoms with Crippen LogP contribution in [-0.2, 0) is 9.24 Å². The average molecular weight is 266 g/mol. The fraction of sp³-hybridized carbons (Fsp3) is 0. The standard InChI is InChI=1S/C12H11O5P/c13-18(14,16-12-9-5-2-6-10-12)17-15-11-7-3-1-4-8-11/h1-10H,(H,13,14). The van der Waals surface area contributed by atoms with Crippen LogP contribution in [0.4, 0.5) is 0 Å². The van der Waals surface area contributed by atoms with Gasteiger partial charge in [0.15, 0.2) is 5.75 Å². The molecule has 0 fully saturated rings. The Kier molecular flexibility index (Phi) is 3.99. The van der Waals surface area contributed by atoms with Gasteiger partial charge in [0.2, 0.25) is 0 Å². The average Bonchev–Trinajstić information content (AvgIpc) is 2.38. The quantitative estimate of drug-likeness (QED) is 0.511. The number of benzene rings is 2. The van der Waals surface area contributed by atoms with E-state index < -0.39 is 7.82 Å². The molecule has 0 aliphatic carbocycles. The normalized spacial score (nSPS) is 13.6. The third kappa shape index (κ3) is 3.89. The third-order valence-electron chi connectivity index (χ3n) is 1.93. The van der Waals surface area contributed by atoms with Crippen molar-refractivity contribution in [1.29, 1.82) is 0 Å². The van der Waals surface area contributed by atoms with Crippen LogP contribution in [0.3, 0.4) is 0 Å². The van der Waals surface area contributed by atoms with Gasteiger partial charge in [0.1, 0.15) is 5.75 Å². The molecule has 1 N–H and O–H groups in total.